The summed E-state index contributed by atoms with van der Waals surface area (Å²) in [5.74, 6) is 0.129. The van der Waals surface area contributed by atoms with Gasteiger partial charge in [0.05, 0.1) is 5.56 Å². The first-order valence-electron chi connectivity index (χ1n) is 8.30. The molecule has 4 nitrogen and oxygen atoms in total. The number of rotatable bonds is 6. The normalized spacial score (nSPS) is 14.3. The summed E-state index contributed by atoms with van der Waals surface area (Å²) in [5, 5.41) is 2.86. The van der Waals surface area contributed by atoms with Crippen molar-refractivity contribution in [2.45, 2.75) is 25.8 Å². The second kappa shape index (κ2) is 8.28. The molecule has 1 atom stereocenters. The monoisotopic (exact) mass is 358 g/mol. The Morgan fingerprint density at radius 1 is 1.08 bits per heavy atom. The van der Waals surface area contributed by atoms with Crippen molar-refractivity contribution in [3.63, 3.8) is 0 Å². The van der Waals surface area contributed by atoms with E-state index >= 15 is 0 Å². The van der Waals surface area contributed by atoms with Gasteiger partial charge in [-0.05, 0) is 31.7 Å². The fraction of sp³-hybridized carbons (Fsp3) is 0.300. The quantitative estimate of drug-likeness (QED) is 0.779. The van der Waals surface area contributed by atoms with Crippen LogP contribution in [-0.2, 0) is 0 Å². The predicted octanol–water partition coefficient (Wildman–Crippen LogP) is 3.11. The topological polar surface area (TPSA) is 72.2 Å². The smallest absolute Gasteiger partial charge is 0.252 e. The molecule has 3 N–H and O–H groups in total. The SMILES string of the molecule is Cc1ccc(C(=O)c2ccccc2C(=O)NCC(N)C2CC2)cc1.Cl. The molecule has 1 unspecified atom stereocenters. The van der Waals surface area contributed by atoms with Gasteiger partial charge in [0, 0.05) is 23.7 Å². The zero-order chi connectivity index (χ0) is 17.1. The number of hydrogen-bond donors (Lipinski definition) is 2. The molecule has 1 saturated carbocycles. The second-order valence-electron chi connectivity index (χ2n) is 6.45. The number of halogens is 1. The maximum absolute atomic E-state index is 12.7. The van der Waals surface area contributed by atoms with Crippen LogP contribution in [0.4, 0.5) is 0 Å². The molecule has 1 aliphatic carbocycles. The van der Waals surface area contributed by atoms with Crippen molar-refractivity contribution in [1.29, 1.82) is 0 Å². The molecule has 132 valence electrons. The lowest BCUT2D eigenvalue weighted by Gasteiger charge is -2.13. The van der Waals surface area contributed by atoms with Crippen LogP contribution in [0.5, 0.6) is 0 Å². The van der Waals surface area contributed by atoms with Crippen LogP contribution >= 0.6 is 12.4 Å². The highest BCUT2D eigenvalue weighted by molar-refractivity contribution is 6.15. The molecule has 2 aromatic carbocycles. The molecule has 0 radical (unpaired) electrons. The van der Waals surface area contributed by atoms with Crippen molar-refractivity contribution in [2.24, 2.45) is 11.7 Å². The average Bonchev–Trinajstić information content (AvgIpc) is 3.44. The van der Waals surface area contributed by atoms with Crippen LogP contribution in [0.15, 0.2) is 48.5 Å². The molecular formula is C20H23ClN2O2. The van der Waals surface area contributed by atoms with E-state index in [2.05, 4.69) is 5.32 Å². The molecule has 0 saturated heterocycles. The number of benzene rings is 2. The lowest BCUT2D eigenvalue weighted by atomic mass is 9.97. The fourth-order valence-electron chi connectivity index (χ4n) is 2.74. The third-order valence-corrected chi connectivity index (χ3v) is 4.46. The van der Waals surface area contributed by atoms with Gasteiger partial charge < -0.3 is 11.1 Å². The van der Waals surface area contributed by atoms with E-state index in [1.807, 2.05) is 19.1 Å². The van der Waals surface area contributed by atoms with Crippen molar-refractivity contribution in [1.82, 2.24) is 5.32 Å². The Bertz CT molecular complexity index is 755. The van der Waals surface area contributed by atoms with Crippen LogP contribution in [0.25, 0.3) is 0 Å². The summed E-state index contributed by atoms with van der Waals surface area (Å²) in [5.41, 5.74) is 8.51. The van der Waals surface area contributed by atoms with Gasteiger partial charge in [-0.25, -0.2) is 0 Å². The van der Waals surface area contributed by atoms with E-state index in [1.165, 1.54) is 0 Å². The Labute approximate surface area is 154 Å². The highest BCUT2D eigenvalue weighted by Crippen LogP contribution is 2.31. The van der Waals surface area contributed by atoms with Gasteiger partial charge in [-0.1, -0.05) is 48.0 Å². The van der Waals surface area contributed by atoms with Crippen LogP contribution in [0, 0.1) is 12.8 Å². The van der Waals surface area contributed by atoms with Crippen LogP contribution in [0.3, 0.4) is 0 Å². The molecule has 0 bridgehead atoms. The van der Waals surface area contributed by atoms with Gasteiger partial charge >= 0.3 is 0 Å². The van der Waals surface area contributed by atoms with E-state index < -0.39 is 0 Å². The first kappa shape index (κ1) is 19.2. The second-order valence-corrected chi connectivity index (χ2v) is 6.45. The first-order chi connectivity index (χ1) is 11.6. The highest BCUT2D eigenvalue weighted by atomic mass is 35.5. The Kier molecular flexibility index (Phi) is 6.34. The first-order valence-corrected chi connectivity index (χ1v) is 8.30. The molecular weight excluding hydrogens is 336 g/mol. The van der Waals surface area contributed by atoms with Crippen molar-refractivity contribution in [2.75, 3.05) is 6.54 Å². The molecule has 0 aromatic heterocycles. The lowest BCUT2D eigenvalue weighted by Crippen LogP contribution is -2.39. The predicted molar refractivity (Wildman–Crippen MR) is 101 cm³/mol. The van der Waals surface area contributed by atoms with Crippen molar-refractivity contribution in [3.05, 3.63) is 70.8 Å². The maximum Gasteiger partial charge on any atom is 0.252 e. The van der Waals surface area contributed by atoms with Crippen molar-refractivity contribution < 1.29 is 9.59 Å². The van der Waals surface area contributed by atoms with Gasteiger partial charge in [-0.3, -0.25) is 9.59 Å². The molecule has 3 rings (SSSR count). The Morgan fingerprint density at radius 2 is 1.68 bits per heavy atom. The minimum atomic E-state index is -0.248. The maximum atomic E-state index is 12.7. The molecule has 1 aliphatic rings. The molecule has 0 heterocycles. The number of hydrogen-bond acceptors (Lipinski definition) is 3. The van der Waals surface area contributed by atoms with Gasteiger partial charge in [0.1, 0.15) is 0 Å². The summed E-state index contributed by atoms with van der Waals surface area (Å²) in [6, 6.07) is 14.3. The van der Waals surface area contributed by atoms with Gasteiger partial charge in [0.15, 0.2) is 5.78 Å². The third-order valence-electron chi connectivity index (χ3n) is 4.46. The number of nitrogens with one attached hydrogen (secondary N) is 1. The molecule has 1 fully saturated rings. The largest absolute Gasteiger partial charge is 0.350 e. The molecule has 0 spiro atoms. The van der Waals surface area contributed by atoms with E-state index in [0.717, 1.165) is 18.4 Å². The number of ketones is 1. The van der Waals surface area contributed by atoms with Gasteiger partial charge in [0.2, 0.25) is 0 Å². The van der Waals surface area contributed by atoms with E-state index in [1.54, 1.807) is 36.4 Å². The minimum absolute atomic E-state index is 0. The van der Waals surface area contributed by atoms with E-state index in [0.29, 0.717) is 29.2 Å². The van der Waals surface area contributed by atoms with Crippen molar-refractivity contribution >= 4 is 24.1 Å². The summed E-state index contributed by atoms with van der Waals surface area (Å²) in [4.78, 5) is 25.2. The zero-order valence-electron chi connectivity index (χ0n) is 14.2. The zero-order valence-corrected chi connectivity index (χ0v) is 15.0. The summed E-state index contributed by atoms with van der Waals surface area (Å²) < 4.78 is 0. The summed E-state index contributed by atoms with van der Waals surface area (Å²) in [6.45, 7) is 2.41. The number of carbonyl (C=O) groups excluding carboxylic acids is 2. The molecule has 0 aliphatic heterocycles. The summed E-state index contributed by atoms with van der Waals surface area (Å²) >= 11 is 0. The number of nitrogens with two attached hydrogens (primary N) is 1. The van der Waals surface area contributed by atoms with Gasteiger partial charge in [0.25, 0.3) is 5.91 Å². The Hall–Kier alpha value is -2.17. The van der Waals surface area contributed by atoms with Crippen LogP contribution in [-0.4, -0.2) is 24.3 Å². The molecule has 5 heteroatoms. The number of carbonyl (C=O) groups is 2. The lowest BCUT2D eigenvalue weighted by molar-refractivity contribution is 0.0939. The van der Waals surface area contributed by atoms with Crippen molar-refractivity contribution in [3.8, 4) is 0 Å². The average molecular weight is 359 g/mol. The van der Waals surface area contributed by atoms with Crippen LogP contribution in [0.1, 0.15) is 44.7 Å². The minimum Gasteiger partial charge on any atom is -0.350 e. The van der Waals surface area contributed by atoms with E-state index in [4.69, 9.17) is 5.73 Å². The van der Waals surface area contributed by atoms with Gasteiger partial charge in [-0.2, -0.15) is 0 Å². The fourth-order valence-corrected chi connectivity index (χ4v) is 2.74. The number of aryl methyl sites for hydroxylation is 1. The van der Waals surface area contributed by atoms with E-state index in [-0.39, 0.29) is 30.1 Å². The summed E-state index contributed by atoms with van der Waals surface area (Å²) in [6.07, 6.45) is 2.28. The molecule has 1 amide bonds. The molecule has 2 aromatic rings. The summed E-state index contributed by atoms with van der Waals surface area (Å²) in [7, 11) is 0. The highest BCUT2D eigenvalue weighted by Gasteiger charge is 2.28. The van der Waals surface area contributed by atoms with E-state index in [9.17, 15) is 9.59 Å². The Balaban J connectivity index is 0.00000225. The third kappa shape index (κ3) is 4.68. The van der Waals surface area contributed by atoms with Crippen LogP contribution in [0.2, 0.25) is 0 Å². The number of amides is 1. The van der Waals surface area contributed by atoms with Crippen LogP contribution < -0.4 is 11.1 Å². The Morgan fingerprint density at radius 3 is 2.28 bits per heavy atom. The standard InChI is InChI=1S/C20H22N2O2.ClH/c1-13-6-8-15(9-7-13)19(23)16-4-2-3-5-17(16)20(24)22-12-18(21)14-10-11-14;/h2-9,14,18H,10-12,21H2,1H3,(H,22,24);1H. The molecule has 25 heavy (non-hydrogen) atoms. The van der Waals surface area contributed by atoms with Gasteiger partial charge in [-0.15, -0.1) is 12.4 Å².